The van der Waals surface area contributed by atoms with Gasteiger partial charge in [0.05, 0.1) is 19.0 Å². The highest BCUT2D eigenvalue weighted by atomic mass is 16.4. The lowest BCUT2D eigenvalue weighted by Crippen LogP contribution is -2.55. The first-order valence-corrected chi connectivity index (χ1v) is 8.77. The predicted molar refractivity (Wildman–Crippen MR) is 92.0 cm³/mol. The van der Waals surface area contributed by atoms with E-state index in [1.165, 1.54) is 12.8 Å². The normalized spacial score (nSPS) is 22.1. The summed E-state index contributed by atoms with van der Waals surface area (Å²) in [5, 5.41) is 20.8. The van der Waals surface area contributed by atoms with Gasteiger partial charge >= 0.3 is 5.97 Å². The second-order valence-corrected chi connectivity index (χ2v) is 7.10. The van der Waals surface area contributed by atoms with Gasteiger partial charge in [-0.1, -0.05) is 12.1 Å². The molecule has 6 heteroatoms. The lowest BCUT2D eigenvalue weighted by Gasteiger charge is -2.42. The van der Waals surface area contributed by atoms with Crippen LogP contribution >= 0.6 is 0 Å². The lowest BCUT2D eigenvalue weighted by molar-refractivity contribution is -0.139. The van der Waals surface area contributed by atoms with E-state index in [1.54, 1.807) is 18.2 Å². The van der Waals surface area contributed by atoms with Gasteiger partial charge in [-0.05, 0) is 49.3 Å². The van der Waals surface area contributed by atoms with Gasteiger partial charge in [0.1, 0.15) is 0 Å². The van der Waals surface area contributed by atoms with Crippen LogP contribution in [0.25, 0.3) is 0 Å². The van der Waals surface area contributed by atoms with E-state index in [0.29, 0.717) is 11.5 Å². The van der Waals surface area contributed by atoms with E-state index >= 15 is 0 Å². The molecule has 0 atom stereocenters. The Morgan fingerprint density at radius 1 is 1.32 bits per heavy atom. The molecular weight excluding hydrogens is 318 g/mol. The van der Waals surface area contributed by atoms with Crippen molar-refractivity contribution < 1.29 is 14.7 Å². The van der Waals surface area contributed by atoms with E-state index in [9.17, 15) is 9.59 Å². The highest BCUT2D eigenvalue weighted by Crippen LogP contribution is 2.33. The third kappa shape index (κ3) is 4.80. The Balaban J connectivity index is 1.50. The Hall–Kier alpha value is -2.39. The van der Waals surface area contributed by atoms with Crippen molar-refractivity contribution in [1.82, 2.24) is 10.2 Å². The Kier molecular flexibility index (Phi) is 5.34. The quantitative estimate of drug-likeness (QED) is 0.752. The van der Waals surface area contributed by atoms with Gasteiger partial charge in [-0.15, -0.1) is 0 Å². The SMILES string of the molecule is N#CCc1cccc(C(=O)NC2CC(N(CC(=O)O)CC3CC3)C2)c1. The third-order valence-electron chi connectivity index (χ3n) is 4.97. The van der Waals surface area contributed by atoms with E-state index in [1.807, 2.05) is 6.07 Å². The molecule has 132 valence electrons. The Morgan fingerprint density at radius 2 is 2.08 bits per heavy atom. The summed E-state index contributed by atoms with van der Waals surface area (Å²) in [6.07, 6.45) is 4.27. The first-order chi connectivity index (χ1) is 12.0. The molecule has 2 aliphatic carbocycles. The van der Waals surface area contributed by atoms with Crippen molar-refractivity contribution in [2.45, 2.75) is 44.2 Å². The van der Waals surface area contributed by atoms with Gasteiger partial charge in [-0.25, -0.2) is 0 Å². The summed E-state index contributed by atoms with van der Waals surface area (Å²) >= 11 is 0. The molecule has 0 aromatic heterocycles. The van der Waals surface area contributed by atoms with Gasteiger partial charge < -0.3 is 10.4 Å². The fraction of sp³-hybridized carbons (Fsp3) is 0.526. The maximum Gasteiger partial charge on any atom is 0.317 e. The van der Waals surface area contributed by atoms with Crippen molar-refractivity contribution in [3.05, 3.63) is 35.4 Å². The summed E-state index contributed by atoms with van der Waals surface area (Å²) in [6.45, 7) is 0.936. The first-order valence-electron chi connectivity index (χ1n) is 8.77. The number of nitriles is 1. The topological polar surface area (TPSA) is 93.4 Å². The number of nitrogens with zero attached hydrogens (tertiary/aromatic N) is 2. The number of carboxylic acids is 1. The summed E-state index contributed by atoms with van der Waals surface area (Å²) in [5.41, 5.74) is 1.40. The number of carboxylic acid groups (broad SMARTS) is 1. The minimum atomic E-state index is -0.789. The number of amides is 1. The van der Waals surface area contributed by atoms with Gasteiger partial charge in [-0.3, -0.25) is 14.5 Å². The van der Waals surface area contributed by atoms with E-state index < -0.39 is 5.97 Å². The number of hydrogen-bond donors (Lipinski definition) is 2. The zero-order valence-corrected chi connectivity index (χ0v) is 14.1. The van der Waals surface area contributed by atoms with Crippen LogP contribution in [0.2, 0.25) is 0 Å². The molecule has 0 aliphatic heterocycles. The highest BCUT2D eigenvalue weighted by molar-refractivity contribution is 5.94. The summed E-state index contributed by atoms with van der Waals surface area (Å²) in [5.74, 6) is -0.270. The molecule has 0 radical (unpaired) electrons. The molecule has 1 aromatic carbocycles. The van der Waals surface area contributed by atoms with Crippen LogP contribution in [0.15, 0.2) is 24.3 Å². The van der Waals surface area contributed by atoms with Crippen molar-refractivity contribution in [2.24, 2.45) is 5.92 Å². The van der Waals surface area contributed by atoms with Gasteiger partial charge in [0.15, 0.2) is 0 Å². The molecule has 2 saturated carbocycles. The second kappa shape index (κ2) is 7.66. The average Bonchev–Trinajstić information content (AvgIpc) is 3.34. The molecule has 0 heterocycles. The zero-order valence-electron chi connectivity index (χ0n) is 14.1. The molecule has 6 nitrogen and oxygen atoms in total. The van der Waals surface area contributed by atoms with Crippen LogP contribution in [0.3, 0.4) is 0 Å². The Bertz CT molecular complexity index is 687. The van der Waals surface area contributed by atoms with Gasteiger partial charge in [-0.2, -0.15) is 5.26 Å². The fourth-order valence-corrected chi connectivity index (χ4v) is 3.33. The lowest BCUT2D eigenvalue weighted by atomic mass is 9.85. The Morgan fingerprint density at radius 3 is 2.72 bits per heavy atom. The molecule has 2 N–H and O–H groups in total. The fourth-order valence-electron chi connectivity index (χ4n) is 3.33. The van der Waals surface area contributed by atoms with Crippen LogP contribution in [0.1, 0.15) is 41.6 Å². The summed E-state index contributed by atoms with van der Waals surface area (Å²) in [4.78, 5) is 25.4. The maximum absolute atomic E-state index is 12.3. The van der Waals surface area contributed by atoms with Gasteiger partial charge in [0.25, 0.3) is 5.91 Å². The molecule has 0 unspecified atom stereocenters. The van der Waals surface area contributed by atoms with Crippen molar-refractivity contribution in [3.8, 4) is 6.07 Å². The molecule has 25 heavy (non-hydrogen) atoms. The standard InChI is InChI=1S/C19H23N3O3/c20-7-6-13-2-1-3-15(8-13)19(25)21-16-9-17(10-16)22(12-18(23)24)11-14-4-5-14/h1-3,8,14,16-17H,4-6,9-12H2,(H,21,25)(H,23,24). The maximum atomic E-state index is 12.3. The summed E-state index contributed by atoms with van der Waals surface area (Å²) < 4.78 is 0. The zero-order chi connectivity index (χ0) is 17.8. The van der Waals surface area contributed by atoms with Crippen LogP contribution in [0.4, 0.5) is 0 Å². The number of carbonyl (C=O) groups excluding carboxylic acids is 1. The molecule has 3 rings (SSSR count). The van der Waals surface area contributed by atoms with Crippen LogP contribution in [-0.2, 0) is 11.2 Å². The van der Waals surface area contributed by atoms with Crippen LogP contribution < -0.4 is 5.32 Å². The van der Waals surface area contributed by atoms with Crippen molar-refractivity contribution >= 4 is 11.9 Å². The molecule has 2 fully saturated rings. The Labute approximate surface area is 147 Å². The van der Waals surface area contributed by atoms with Gasteiger partial charge in [0.2, 0.25) is 0 Å². The minimum absolute atomic E-state index is 0.0814. The summed E-state index contributed by atoms with van der Waals surface area (Å²) in [7, 11) is 0. The summed E-state index contributed by atoms with van der Waals surface area (Å²) in [6, 6.07) is 9.53. The molecule has 2 aliphatic rings. The van der Waals surface area contributed by atoms with E-state index in [2.05, 4.69) is 16.3 Å². The largest absolute Gasteiger partial charge is 0.480 e. The van der Waals surface area contributed by atoms with E-state index in [4.69, 9.17) is 10.4 Å². The number of aliphatic carboxylic acids is 1. The molecule has 1 amide bonds. The molecular formula is C19H23N3O3. The van der Waals surface area contributed by atoms with Crippen molar-refractivity contribution in [2.75, 3.05) is 13.1 Å². The predicted octanol–water partition coefficient (Wildman–Crippen LogP) is 1.81. The smallest absolute Gasteiger partial charge is 0.317 e. The van der Waals surface area contributed by atoms with E-state index in [-0.39, 0.29) is 31.0 Å². The molecule has 0 saturated heterocycles. The number of carbonyl (C=O) groups is 2. The molecule has 1 aromatic rings. The number of rotatable bonds is 8. The molecule has 0 spiro atoms. The van der Waals surface area contributed by atoms with Crippen molar-refractivity contribution in [3.63, 3.8) is 0 Å². The van der Waals surface area contributed by atoms with Crippen LogP contribution in [0, 0.1) is 17.2 Å². The third-order valence-corrected chi connectivity index (χ3v) is 4.97. The molecule has 0 bridgehead atoms. The minimum Gasteiger partial charge on any atom is -0.480 e. The van der Waals surface area contributed by atoms with Crippen LogP contribution in [0.5, 0.6) is 0 Å². The van der Waals surface area contributed by atoms with Gasteiger partial charge in [0, 0.05) is 24.2 Å². The number of hydrogen-bond acceptors (Lipinski definition) is 4. The second-order valence-electron chi connectivity index (χ2n) is 7.10. The highest BCUT2D eigenvalue weighted by Gasteiger charge is 2.37. The average molecular weight is 341 g/mol. The number of benzene rings is 1. The number of nitrogens with one attached hydrogen (secondary N) is 1. The van der Waals surface area contributed by atoms with E-state index in [0.717, 1.165) is 24.9 Å². The van der Waals surface area contributed by atoms with Crippen LogP contribution in [-0.4, -0.2) is 47.1 Å². The van der Waals surface area contributed by atoms with Crippen molar-refractivity contribution in [1.29, 1.82) is 5.26 Å². The first kappa shape index (κ1) is 17.4. The monoisotopic (exact) mass is 341 g/mol.